The zero-order valence-electron chi connectivity index (χ0n) is 14.5. The summed E-state index contributed by atoms with van der Waals surface area (Å²) in [7, 11) is 1.19. The summed E-state index contributed by atoms with van der Waals surface area (Å²) in [5.41, 5.74) is 1.51. The molecular formula is C19H17N3O5. The second-order valence-electron chi connectivity index (χ2n) is 5.88. The number of nitrogens with zero attached hydrogens (tertiary/aromatic N) is 2. The standard InChI is InChI=1S/C19H17N3O5/c1-21-17(24)18(25)22(19(21)26)11-16(23)20-14-7-9-15(10-8-14)27-12-13-5-3-2-4-6-13/h2-10H,11-12H2,1H3,(H,20,23). The molecular weight excluding hydrogens is 350 g/mol. The predicted octanol–water partition coefficient (Wildman–Crippen LogP) is 1.62. The molecule has 1 saturated heterocycles. The zero-order valence-corrected chi connectivity index (χ0v) is 14.5. The Hall–Kier alpha value is -3.68. The van der Waals surface area contributed by atoms with Gasteiger partial charge in [0.2, 0.25) is 5.91 Å². The van der Waals surface area contributed by atoms with Crippen molar-refractivity contribution in [2.45, 2.75) is 6.61 Å². The molecule has 0 spiro atoms. The van der Waals surface area contributed by atoms with E-state index < -0.39 is 30.3 Å². The maximum absolute atomic E-state index is 12.1. The topological polar surface area (TPSA) is 96.0 Å². The number of carbonyl (C=O) groups is 4. The van der Waals surface area contributed by atoms with Gasteiger partial charge in [-0.3, -0.25) is 19.3 Å². The van der Waals surface area contributed by atoms with Crippen LogP contribution < -0.4 is 10.1 Å². The van der Waals surface area contributed by atoms with Gasteiger partial charge in [-0.1, -0.05) is 30.3 Å². The van der Waals surface area contributed by atoms with E-state index in [9.17, 15) is 19.2 Å². The van der Waals surface area contributed by atoms with Crippen molar-refractivity contribution in [2.24, 2.45) is 0 Å². The van der Waals surface area contributed by atoms with Gasteiger partial charge in [-0.15, -0.1) is 0 Å². The Labute approximate surface area is 155 Å². The smallest absolute Gasteiger partial charge is 0.334 e. The van der Waals surface area contributed by atoms with Gasteiger partial charge in [-0.05, 0) is 29.8 Å². The minimum Gasteiger partial charge on any atom is -0.489 e. The van der Waals surface area contributed by atoms with Crippen LogP contribution in [0.5, 0.6) is 5.75 Å². The Kier molecular flexibility index (Phi) is 5.16. The van der Waals surface area contributed by atoms with Crippen LogP contribution in [0.2, 0.25) is 0 Å². The first kappa shape index (κ1) is 18.1. The number of hydrogen-bond acceptors (Lipinski definition) is 5. The molecule has 1 aliphatic rings. The molecule has 1 N–H and O–H groups in total. The van der Waals surface area contributed by atoms with E-state index in [-0.39, 0.29) is 0 Å². The van der Waals surface area contributed by atoms with Gasteiger partial charge in [0.1, 0.15) is 18.9 Å². The van der Waals surface area contributed by atoms with Gasteiger partial charge in [-0.25, -0.2) is 9.69 Å². The van der Waals surface area contributed by atoms with E-state index in [1.54, 1.807) is 24.3 Å². The van der Waals surface area contributed by atoms with E-state index in [1.165, 1.54) is 7.05 Å². The van der Waals surface area contributed by atoms with Gasteiger partial charge in [0.05, 0.1) is 0 Å². The summed E-state index contributed by atoms with van der Waals surface area (Å²) in [6, 6.07) is 15.6. The number of amides is 5. The first-order valence-corrected chi connectivity index (χ1v) is 8.16. The highest BCUT2D eigenvalue weighted by atomic mass is 16.5. The average molecular weight is 367 g/mol. The van der Waals surface area contributed by atoms with Crippen LogP contribution in [0.25, 0.3) is 0 Å². The molecule has 27 heavy (non-hydrogen) atoms. The van der Waals surface area contributed by atoms with Crippen molar-refractivity contribution in [1.29, 1.82) is 0 Å². The molecule has 0 aromatic heterocycles. The Morgan fingerprint density at radius 1 is 0.963 bits per heavy atom. The van der Waals surface area contributed by atoms with Crippen molar-refractivity contribution in [3.8, 4) is 5.75 Å². The van der Waals surface area contributed by atoms with Gasteiger partial charge in [0.15, 0.2) is 0 Å². The van der Waals surface area contributed by atoms with Crippen molar-refractivity contribution in [3.63, 3.8) is 0 Å². The highest BCUT2D eigenvalue weighted by Gasteiger charge is 2.42. The van der Waals surface area contributed by atoms with Crippen molar-refractivity contribution < 1.29 is 23.9 Å². The van der Waals surface area contributed by atoms with Crippen LogP contribution in [-0.2, 0) is 21.0 Å². The third-order valence-corrected chi connectivity index (χ3v) is 3.94. The summed E-state index contributed by atoms with van der Waals surface area (Å²) in [5, 5.41) is 2.57. The van der Waals surface area contributed by atoms with Crippen molar-refractivity contribution >= 4 is 29.4 Å². The van der Waals surface area contributed by atoms with Crippen LogP contribution >= 0.6 is 0 Å². The van der Waals surface area contributed by atoms with Gasteiger partial charge >= 0.3 is 17.8 Å². The number of imide groups is 2. The van der Waals surface area contributed by atoms with Crippen LogP contribution in [0, 0.1) is 0 Å². The summed E-state index contributed by atoms with van der Waals surface area (Å²) in [4.78, 5) is 48.2. The lowest BCUT2D eigenvalue weighted by atomic mass is 10.2. The fourth-order valence-electron chi connectivity index (χ4n) is 2.47. The van der Waals surface area contributed by atoms with Gasteiger partial charge in [0.25, 0.3) is 0 Å². The summed E-state index contributed by atoms with van der Waals surface area (Å²) < 4.78 is 5.66. The molecule has 0 radical (unpaired) electrons. The van der Waals surface area contributed by atoms with E-state index >= 15 is 0 Å². The predicted molar refractivity (Wildman–Crippen MR) is 95.7 cm³/mol. The van der Waals surface area contributed by atoms with E-state index in [0.29, 0.717) is 27.8 Å². The molecule has 8 nitrogen and oxygen atoms in total. The third-order valence-electron chi connectivity index (χ3n) is 3.94. The SMILES string of the molecule is CN1C(=O)C(=O)N(CC(=O)Nc2ccc(OCc3ccccc3)cc2)C1=O. The average Bonchev–Trinajstić information content (AvgIpc) is 2.86. The molecule has 138 valence electrons. The number of benzene rings is 2. The van der Waals surface area contributed by atoms with Crippen molar-refractivity contribution in [2.75, 3.05) is 18.9 Å². The summed E-state index contributed by atoms with van der Waals surface area (Å²) in [6.45, 7) is -0.104. The number of rotatable bonds is 6. The normalized spacial score (nSPS) is 13.9. The molecule has 8 heteroatoms. The van der Waals surface area contributed by atoms with E-state index in [4.69, 9.17) is 4.74 Å². The number of ether oxygens (including phenoxy) is 1. The molecule has 1 heterocycles. The molecule has 0 bridgehead atoms. The van der Waals surface area contributed by atoms with Crippen molar-refractivity contribution in [1.82, 2.24) is 9.80 Å². The van der Waals surface area contributed by atoms with Gasteiger partial charge in [0, 0.05) is 12.7 Å². The summed E-state index contributed by atoms with van der Waals surface area (Å²) in [5.74, 6) is -1.92. The molecule has 1 aliphatic heterocycles. The van der Waals surface area contributed by atoms with Gasteiger partial charge < -0.3 is 10.1 Å². The Morgan fingerprint density at radius 2 is 1.63 bits per heavy atom. The molecule has 2 aromatic rings. The molecule has 0 aliphatic carbocycles. The first-order chi connectivity index (χ1) is 13.0. The number of carbonyl (C=O) groups excluding carboxylic acids is 4. The monoisotopic (exact) mass is 367 g/mol. The highest BCUT2D eigenvalue weighted by molar-refractivity contribution is 6.44. The Balaban J connectivity index is 1.53. The quantitative estimate of drug-likeness (QED) is 0.618. The Morgan fingerprint density at radius 3 is 2.22 bits per heavy atom. The zero-order chi connectivity index (χ0) is 19.4. The molecule has 3 rings (SSSR count). The fraction of sp³-hybridized carbons (Fsp3) is 0.158. The van der Waals surface area contributed by atoms with Crippen LogP contribution in [0.4, 0.5) is 10.5 Å². The minimum atomic E-state index is -1.01. The van der Waals surface area contributed by atoms with Crippen LogP contribution in [0.1, 0.15) is 5.56 Å². The minimum absolute atomic E-state index is 0.424. The van der Waals surface area contributed by atoms with E-state index in [1.807, 2.05) is 30.3 Å². The molecule has 2 aromatic carbocycles. The fourth-order valence-corrected chi connectivity index (χ4v) is 2.47. The third kappa shape index (κ3) is 4.12. The highest BCUT2D eigenvalue weighted by Crippen LogP contribution is 2.17. The molecule has 0 atom stereocenters. The number of likely N-dealkylation sites (N-methyl/N-ethyl adjacent to an activating group) is 1. The maximum atomic E-state index is 12.1. The number of anilines is 1. The van der Waals surface area contributed by atoms with Gasteiger partial charge in [-0.2, -0.15) is 0 Å². The second kappa shape index (κ2) is 7.69. The molecule has 5 amide bonds. The van der Waals surface area contributed by atoms with E-state index in [2.05, 4.69) is 5.32 Å². The summed E-state index contributed by atoms with van der Waals surface area (Å²) in [6.07, 6.45) is 0. The van der Waals surface area contributed by atoms with E-state index in [0.717, 1.165) is 5.56 Å². The number of nitrogens with one attached hydrogen (secondary N) is 1. The largest absolute Gasteiger partial charge is 0.489 e. The van der Waals surface area contributed by atoms with Crippen LogP contribution in [0.3, 0.4) is 0 Å². The molecule has 0 unspecified atom stereocenters. The second-order valence-corrected chi connectivity index (χ2v) is 5.88. The first-order valence-electron chi connectivity index (χ1n) is 8.16. The number of urea groups is 1. The lowest BCUT2D eigenvalue weighted by molar-refractivity contribution is -0.143. The lowest BCUT2D eigenvalue weighted by Gasteiger charge is -2.13. The van der Waals surface area contributed by atoms with Crippen molar-refractivity contribution in [3.05, 3.63) is 60.2 Å². The Bertz CT molecular complexity index is 880. The molecule has 1 fully saturated rings. The molecule has 0 saturated carbocycles. The maximum Gasteiger partial charge on any atom is 0.334 e. The van der Waals surface area contributed by atoms with Crippen LogP contribution in [0.15, 0.2) is 54.6 Å². The lowest BCUT2D eigenvalue weighted by Crippen LogP contribution is -2.38. The van der Waals surface area contributed by atoms with Crippen LogP contribution in [-0.4, -0.2) is 47.1 Å². The summed E-state index contributed by atoms with van der Waals surface area (Å²) >= 11 is 0. The number of hydrogen-bond donors (Lipinski definition) is 1.